The van der Waals surface area contributed by atoms with E-state index in [-0.39, 0.29) is 17.4 Å². The summed E-state index contributed by atoms with van der Waals surface area (Å²) >= 11 is 7.39. The number of Topliss-reactive ketones (excluding diaryl/α,β-unsaturated/α-hetero) is 1. The lowest BCUT2D eigenvalue weighted by Crippen LogP contribution is -2.29. The van der Waals surface area contributed by atoms with Crippen molar-refractivity contribution in [2.45, 2.75) is 25.5 Å². The fourth-order valence-electron chi connectivity index (χ4n) is 4.60. The Morgan fingerprint density at radius 2 is 2.06 bits per heavy atom. The number of thiazole rings is 1. The van der Waals surface area contributed by atoms with Gasteiger partial charge in [0.05, 0.1) is 21.8 Å². The maximum atomic E-state index is 13.3. The van der Waals surface area contributed by atoms with E-state index in [9.17, 15) is 14.7 Å². The van der Waals surface area contributed by atoms with Gasteiger partial charge in [-0.2, -0.15) is 0 Å². The van der Waals surface area contributed by atoms with E-state index >= 15 is 0 Å². The Bertz CT molecular complexity index is 1550. The summed E-state index contributed by atoms with van der Waals surface area (Å²) in [7, 11) is 0. The summed E-state index contributed by atoms with van der Waals surface area (Å²) in [5.74, 6) is -1.03. The molecule has 6 rings (SSSR count). The Kier molecular flexibility index (Phi) is 5.09. The molecule has 2 aliphatic heterocycles. The molecule has 7 nitrogen and oxygen atoms in total. The van der Waals surface area contributed by atoms with E-state index in [1.165, 1.54) is 16.2 Å². The van der Waals surface area contributed by atoms with Gasteiger partial charge in [0.2, 0.25) is 0 Å². The highest BCUT2D eigenvalue weighted by atomic mass is 35.5. The minimum atomic E-state index is -0.886. The second-order valence-electron chi connectivity index (χ2n) is 8.52. The number of halogens is 1. The van der Waals surface area contributed by atoms with E-state index in [0.717, 1.165) is 16.0 Å². The smallest absolute Gasteiger partial charge is 0.301 e. The number of hydrogen-bond acceptors (Lipinski definition) is 7. The first-order valence-electron chi connectivity index (χ1n) is 11.0. The van der Waals surface area contributed by atoms with Gasteiger partial charge >= 0.3 is 5.91 Å². The standard InChI is InChI=1S/C26H18ClN3O4S/c1-13-9-16-10-14(4-7-19(16)34-13)23(31)21-22(15-3-2-8-28-12-15)30(25(33)24(21)32)26-29-18-6-5-17(27)11-20(18)35-26/h2-8,10-13,22,31H,9H2,1H3/b23-21+/t13-,22-/m1/s1. The van der Waals surface area contributed by atoms with Crippen LogP contribution in [0, 0.1) is 0 Å². The van der Waals surface area contributed by atoms with Crippen LogP contribution in [0.15, 0.2) is 66.5 Å². The van der Waals surface area contributed by atoms with E-state index in [1.54, 1.807) is 54.9 Å². The lowest BCUT2D eigenvalue weighted by Gasteiger charge is -2.22. The van der Waals surface area contributed by atoms with Crippen molar-refractivity contribution >= 4 is 55.7 Å². The van der Waals surface area contributed by atoms with Crippen molar-refractivity contribution in [3.8, 4) is 5.75 Å². The van der Waals surface area contributed by atoms with E-state index in [0.29, 0.717) is 33.2 Å². The Morgan fingerprint density at radius 1 is 1.20 bits per heavy atom. The number of aliphatic hydroxyl groups is 1. The summed E-state index contributed by atoms with van der Waals surface area (Å²) in [6.45, 7) is 1.97. The first-order chi connectivity index (χ1) is 16.9. The van der Waals surface area contributed by atoms with Crippen molar-refractivity contribution in [1.82, 2.24) is 9.97 Å². The van der Waals surface area contributed by atoms with Crippen molar-refractivity contribution in [1.29, 1.82) is 0 Å². The number of carbonyl (C=O) groups excluding carboxylic acids is 2. The molecule has 9 heteroatoms. The number of nitrogens with zero attached hydrogens (tertiary/aromatic N) is 3. The number of ketones is 1. The summed E-state index contributed by atoms with van der Waals surface area (Å²) < 4.78 is 6.54. The van der Waals surface area contributed by atoms with Gasteiger partial charge in [-0.05, 0) is 60.5 Å². The number of aliphatic hydroxyl groups excluding tert-OH is 1. The molecule has 0 unspecified atom stereocenters. The van der Waals surface area contributed by atoms with Gasteiger partial charge in [0.15, 0.2) is 5.13 Å². The number of aromatic nitrogens is 2. The predicted molar refractivity (Wildman–Crippen MR) is 134 cm³/mol. The third-order valence-electron chi connectivity index (χ3n) is 6.16. The highest BCUT2D eigenvalue weighted by Gasteiger charge is 2.48. The van der Waals surface area contributed by atoms with Crippen molar-refractivity contribution < 1.29 is 19.4 Å². The number of rotatable bonds is 3. The fraction of sp³-hybridized carbons (Fsp3) is 0.154. The molecule has 0 radical (unpaired) electrons. The first-order valence-corrected chi connectivity index (χ1v) is 12.2. The van der Waals surface area contributed by atoms with E-state index in [2.05, 4.69) is 9.97 Å². The van der Waals surface area contributed by atoms with Crippen molar-refractivity contribution in [3.63, 3.8) is 0 Å². The van der Waals surface area contributed by atoms with Gasteiger partial charge in [0, 0.05) is 29.4 Å². The number of anilines is 1. The number of ether oxygens (including phenoxy) is 1. The van der Waals surface area contributed by atoms with Crippen LogP contribution in [-0.4, -0.2) is 32.9 Å². The van der Waals surface area contributed by atoms with E-state index in [1.807, 2.05) is 13.0 Å². The zero-order valence-corrected chi connectivity index (χ0v) is 20.0. The van der Waals surface area contributed by atoms with E-state index < -0.39 is 17.7 Å². The van der Waals surface area contributed by atoms with Crippen LogP contribution in [0.3, 0.4) is 0 Å². The molecule has 0 aliphatic carbocycles. The molecule has 4 heterocycles. The third kappa shape index (κ3) is 3.57. The number of carbonyl (C=O) groups is 2. The number of benzene rings is 2. The lowest BCUT2D eigenvalue weighted by molar-refractivity contribution is -0.132. The Labute approximate surface area is 209 Å². The van der Waals surface area contributed by atoms with Crippen LogP contribution < -0.4 is 9.64 Å². The molecule has 174 valence electrons. The lowest BCUT2D eigenvalue weighted by atomic mass is 9.95. The van der Waals surface area contributed by atoms with Crippen LogP contribution in [0.4, 0.5) is 5.13 Å². The molecular formula is C26H18ClN3O4S. The van der Waals surface area contributed by atoms with Gasteiger partial charge in [-0.15, -0.1) is 0 Å². The van der Waals surface area contributed by atoms with Crippen LogP contribution in [-0.2, 0) is 16.0 Å². The Morgan fingerprint density at radius 3 is 2.86 bits per heavy atom. The maximum Gasteiger partial charge on any atom is 0.301 e. The minimum Gasteiger partial charge on any atom is -0.507 e. The van der Waals surface area contributed by atoms with Gasteiger partial charge in [-0.1, -0.05) is 29.0 Å². The molecule has 35 heavy (non-hydrogen) atoms. The Hall–Kier alpha value is -3.75. The highest BCUT2D eigenvalue weighted by Crippen LogP contribution is 2.44. The van der Waals surface area contributed by atoms with Gasteiger partial charge < -0.3 is 9.84 Å². The average Bonchev–Trinajstić information content (AvgIpc) is 3.51. The van der Waals surface area contributed by atoms with Crippen molar-refractivity contribution in [2.75, 3.05) is 4.90 Å². The Balaban J connectivity index is 1.53. The summed E-state index contributed by atoms with van der Waals surface area (Å²) in [5, 5.41) is 12.3. The highest BCUT2D eigenvalue weighted by molar-refractivity contribution is 7.22. The number of pyridine rings is 1. The molecule has 2 atom stereocenters. The second kappa shape index (κ2) is 8.18. The zero-order chi connectivity index (χ0) is 24.3. The summed E-state index contributed by atoms with van der Waals surface area (Å²) in [4.78, 5) is 36.8. The molecule has 2 aromatic carbocycles. The summed E-state index contributed by atoms with van der Waals surface area (Å²) in [5.41, 5.74) is 2.63. The monoisotopic (exact) mass is 503 g/mol. The van der Waals surface area contributed by atoms with Gasteiger partial charge in [0.1, 0.15) is 17.6 Å². The molecule has 1 fully saturated rings. The van der Waals surface area contributed by atoms with Crippen molar-refractivity contribution in [2.24, 2.45) is 0 Å². The second-order valence-corrected chi connectivity index (χ2v) is 9.96. The van der Waals surface area contributed by atoms with Gasteiger partial charge in [0.25, 0.3) is 5.78 Å². The predicted octanol–water partition coefficient (Wildman–Crippen LogP) is 5.29. The molecule has 0 saturated carbocycles. The largest absolute Gasteiger partial charge is 0.507 e. The molecule has 4 aromatic rings. The van der Waals surface area contributed by atoms with Crippen LogP contribution in [0.1, 0.15) is 29.7 Å². The van der Waals surface area contributed by atoms with Crippen LogP contribution in [0.5, 0.6) is 5.75 Å². The van der Waals surface area contributed by atoms with Crippen LogP contribution in [0.2, 0.25) is 5.02 Å². The minimum absolute atomic E-state index is 0.00722. The molecule has 2 aliphatic rings. The number of hydrogen-bond donors (Lipinski definition) is 1. The molecule has 1 saturated heterocycles. The number of amides is 1. The zero-order valence-electron chi connectivity index (χ0n) is 18.4. The van der Waals surface area contributed by atoms with Gasteiger partial charge in [-0.25, -0.2) is 4.98 Å². The molecule has 0 bridgehead atoms. The van der Waals surface area contributed by atoms with E-state index in [4.69, 9.17) is 16.3 Å². The summed E-state index contributed by atoms with van der Waals surface area (Å²) in [6, 6.07) is 13.1. The number of fused-ring (bicyclic) bond motifs is 2. The topological polar surface area (TPSA) is 92.6 Å². The van der Waals surface area contributed by atoms with Gasteiger partial charge in [-0.3, -0.25) is 19.5 Å². The van der Waals surface area contributed by atoms with Crippen LogP contribution >= 0.6 is 22.9 Å². The SMILES string of the molecule is C[C@@H]1Cc2cc(/C(O)=C3\C(=O)C(=O)N(c4nc5ccc(Cl)cc5s4)[C@@H]3c3cccnc3)ccc2O1. The molecule has 2 aromatic heterocycles. The normalized spacial score (nSPS) is 20.9. The fourth-order valence-corrected chi connectivity index (χ4v) is 5.87. The molecule has 1 amide bonds. The van der Waals surface area contributed by atoms with Crippen LogP contribution in [0.25, 0.3) is 16.0 Å². The molecular weight excluding hydrogens is 486 g/mol. The third-order valence-corrected chi connectivity index (χ3v) is 7.41. The molecule has 1 N–H and O–H groups in total. The van der Waals surface area contributed by atoms with Crippen molar-refractivity contribution in [3.05, 3.63) is 88.2 Å². The maximum absolute atomic E-state index is 13.3. The first kappa shape index (κ1) is 21.8. The summed E-state index contributed by atoms with van der Waals surface area (Å²) in [6.07, 6.45) is 3.93. The molecule has 0 spiro atoms. The average molecular weight is 504 g/mol. The quantitative estimate of drug-likeness (QED) is 0.232.